The van der Waals surface area contributed by atoms with Gasteiger partial charge in [0.2, 0.25) is 0 Å². The Labute approximate surface area is 118 Å². The van der Waals surface area contributed by atoms with Crippen molar-refractivity contribution in [2.45, 2.75) is 26.3 Å². The Morgan fingerprint density at radius 2 is 1.90 bits per heavy atom. The van der Waals surface area contributed by atoms with E-state index in [1.807, 2.05) is 20.8 Å². The maximum atomic E-state index is 12.0. The summed E-state index contributed by atoms with van der Waals surface area (Å²) in [5, 5.41) is 6.94. The minimum atomic E-state index is -2.98. The first kappa shape index (κ1) is 14.8. The third-order valence-corrected chi connectivity index (χ3v) is 4.76. The molecule has 1 N–H and O–H groups in total. The van der Waals surface area contributed by atoms with E-state index in [0.29, 0.717) is 5.69 Å². The Hall–Kier alpha value is -1.57. The molecule has 2 amide bonds. The van der Waals surface area contributed by atoms with E-state index >= 15 is 0 Å². The zero-order valence-corrected chi connectivity index (χ0v) is 12.8. The van der Waals surface area contributed by atoms with Gasteiger partial charge in [-0.15, -0.1) is 0 Å². The van der Waals surface area contributed by atoms with E-state index in [1.165, 1.54) is 4.90 Å². The van der Waals surface area contributed by atoms with Gasteiger partial charge in [0.1, 0.15) is 0 Å². The Morgan fingerprint density at radius 1 is 1.30 bits per heavy atom. The second kappa shape index (κ2) is 5.08. The number of rotatable bonds is 1. The molecule has 0 aliphatic carbocycles. The van der Waals surface area contributed by atoms with Gasteiger partial charge in [-0.1, -0.05) is 0 Å². The van der Waals surface area contributed by atoms with E-state index < -0.39 is 9.84 Å². The highest BCUT2D eigenvalue weighted by atomic mass is 32.2. The lowest BCUT2D eigenvalue weighted by molar-refractivity contribution is 0.216. The van der Waals surface area contributed by atoms with Crippen molar-refractivity contribution >= 4 is 21.6 Å². The quantitative estimate of drug-likeness (QED) is 0.835. The van der Waals surface area contributed by atoms with Crippen LogP contribution in [0.2, 0.25) is 0 Å². The zero-order chi connectivity index (χ0) is 15.0. The van der Waals surface area contributed by atoms with Crippen LogP contribution in [0.15, 0.2) is 12.4 Å². The third kappa shape index (κ3) is 3.50. The van der Waals surface area contributed by atoms with Gasteiger partial charge in [-0.2, -0.15) is 5.10 Å². The summed E-state index contributed by atoms with van der Waals surface area (Å²) >= 11 is 0. The van der Waals surface area contributed by atoms with E-state index in [0.717, 1.165) is 0 Å². The number of nitrogens with zero attached hydrogens (tertiary/aromatic N) is 3. The molecule has 112 valence electrons. The molecule has 20 heavy (non-hydrogen) atoms. The van der Waals surface area contributed by atoms with E-state index in [9.17, 15) is 13.2 Å². The van der Waals surface area contributed by atoms with Gasteiger partial charge in [0, 0.05) is 19.3 Å². The second-order valence-corrected chi connectivity index (χ2v) is 8.22. The van der Waals surface area contributed by atoms with Gasteiger partial charge in [-0.25, -0.2) is 13.2 Å². The number of urea groups is 1. The summed E-state index contributed by atoms with van der Waals surface area (Å²) in [6, 6.07) is -0.284. The van der Waals surface area contributed by atoms with Crippen LogP contribution in [-0.4, -0.2) is 53.7 Å². The maximum absolute atomic E-state index is 12.0. The number of carbonyl (C=O) groups excluding carboxylic acids is 1. The summed E-state index contributed by atoms with van der Waals surface area (Å²) in [6.45, 7) is 6.52. The van der Waals surface area contributed by atoms with E-state index in [1.54, 1.807) is 17.1 Å². The van der Waals surface area contributed by atoms with Gasteiger partial charge >= 0.3 is 6.03 Å². The van der Waals surface area contributed by atoms with Gasteiger partial charge in [0.15, 0.2) is 9.84 Å². The molecule has 0 bridgehead atoms. The topological polar surface area (TPSA) is 84.3 Å². The van der Waals surface area contributed by atoms with Gasteiger partial charge in [0.25, 0.3) is 0 Å². The monoisotopic (exact) mass is 300 g/mol. The average molecular weight is 300 g/mol. The molecule has 0 unspecified atom stereocenters. The summed E-state index contributed by atoms with van der Waals surface area (Å²) in [5.74, 6) is 0.0589. The summed E-state index contributed by atoms with van der Waals surface area (Å²) < 4.78 is 24.4. The molecule has 0 aromatic carbocycles. The van der Waals surface area contributed by atoms with Crippen molar-refractivity contribution in [1.82, 2.24) is 14.7 Å². The fraction of sp³-hybridized carbons (Fsp3) is 0.667. The minimum absolute atomic E-state index is 0.0294. The lowest BCUT2D eigenvalue weighted by atomic mass is 10.1. The van der Waals surface area contributed by atoms with Crippen LogP contribution in [0.3, 0.4) is 0 Å². The molecule has 7 nitrogen and oxygen atoms in total. The largest absolute Gasteiger partial charge is 0.322 e. The molecule has 1 aliphatic heterocycles. The van der Waals surface area contributed by atoms with Crippen LogP contribution in [-0.2, 0) is 15.4 Å². The minimum Gasteiger partial charge on any atom is -0.322 e. The van der Waals surface area contributed by atoms with Crippen LogP contribution < -0.4 is 5.32 Å². The molecule has 2 rings (SSSR count). The summed E-state index contributed by atoms with van der Waals surface area (Å²) in [4.78, 5) is 13.5. The van der Waals surface area contributed by atoms with Crippen molar-refractivity contribution in [3.63, 3.8) is 0 Å². The summed E-state index contributed by atoms with van der Waals surface area (Å²) in [5.41, 5.74) is 0.459. The SMILES string of the molecule is CC(C)(C)n1cc(NC(=O)N2CCS(=O)(=O)CC2)cn1. The Kier molecular flexibility index (Phi) is 3.77. The van der Waals surface area contributed by atoms with Gasteiger partial charge < -0.3 is 10.2 Å². The van der Waals surface area contributed by atoms with Crippen molar-refractivity contribution < 1.29 is 13.2 Å². The first-order valence-corrected chi connectivity index (χ1v) is 8.31. The Morgan fingerprint density at radius 3 is 2.40 bits per heavy atom. The molecular formula is C12H20N4O3S. The van der Waals surface area contributed by atoms with Crippen molar-refractivity contribution in [2.24, 2.45) is 0 Å². The number of carbonyl (C=O) groups is 1. The fourth-order valence-electron chi connectivity index (χ4n) is 1.87. The number of amides is 2. The molecule has 0 radical (unpaired) electrons. The average Bonchev–Trinajstić information content (AvgIpc) is 2.77. The van der Waals surface area contributed by atoms with E-state index in [4.69, 9.17) is 0 Å². The normalized spacial score (nSPS) is 18.9. The number of hydrogen-bond donors (Lipinski definition) is 1. The van der Waals surface area contributed by atoms with Gasteiger partial charge in [-0.3, -0.25) is 4.68 Å². The molecule has 8 heteroatoms. The molecule has 0 spiro atoms. The molecule has 1 aromatic heterocycles. The van der Waals surface area contributed by atoms with Gasteiger partial charge in [-0.05, 0) is 20.8 Å². The summed E-state index contributed by atoms with van der Waals surface area (Å²) in [6.07, 6.45) is 3.35. The maximum Gasteiger partial charge on any atom is 0.321 e. The zero-order valence-electron chi connectivity index (χ0n) is 12.0. The molecule has 1 fully saturated rings. The predicted molar refractivity (Wildman–Crippen MR) is 76.5 cm³/mol. The van der Waals surface area contributed by atoms with Crippen LogP contribution in [0.1, 0.15) is 20.8 Å². The van der Waals surface area contributed by atoms with Crippen LogP contribution in [0.4, 0.5) is 10.5 Å². The standard InChI is InChI=1S/C12H20N4O3S/c1-12(2,3)16-9-10(8-13-16)14-11(17)15-4-6-20(18,19)7-5-15/h8-9H,4-7H2,1-3H3,(H,14,17). The molecule has 0 atom stereocenters. The van der Waals surface area contributed by atoms with Crippen LogP contribution >= 0.6 is 0 Å². The van der Waals surface area contributed by atoms with E-state index in [-0.39, 0.29) is 36.2 Å². The Bertz CT molecular complexity index is 586. The number of anilines is 1. The molecule has 2 heterocycles. The predicted octanol–water partition coefficient (Wildman–Crippen LogP) is 0.900. The van der Waals surface area contributed by atoms with Crippen LogP contribution in [0.5, 0.6) is 0 Å². The summed E-state index contributed by atoms with van der Waals surface area (Å²) in [7, 11) is -2.98. The highest BCUT2D eigenvalue weighted by Gasteiger charge is 2.25. The van der Waals surface area contributed by atoms with Crippen molar-refractivity contribution in [2.75, 3.05) is 29.9 Å². The Balaban J connectivity index is 1.97. The third-order valence-electron chi connectivity index (χ3n) is 3.15. The van der Waals surface area contributed by atoms with Crippen molar-refractivity contribution in [3.05, 3.63) is 12.4 Å². The van der Waals surface area contributed by atoms with Crippen LogP contribution in [0, 0.1) is 0 Å². The molecule has 1 aromatic rings. The number of nitrogens with one attached hydrogen (secondary N) is 1. The van der Waals surface area contributed by atoms with Crippen LogP contribution in [0.25, 0.3) is 0 Å². The fourth-order valence-corrected chi connectivity index (χ4v) is 3.07. The smallest absolute Gasteiger partial charge is 0.321 e. The second-order valence-electron chi connectivity index (χ2n) is 5.91. The van der Waals surface area contributed by atoms with Crippen molar-refractivity contribution in [1.29, 1.82) is 0 Å². The molecule has 1 saturated heterocycles. The molecular weight excluding hydrogens is 280 g/mol. The van der Waals surface area contributed by atoms with Crippen molar-refractivity contribution in [3.8, 4) is 0 Å². The van der Waals surface area contributed by atoms with Gasteiger partial charge in [0.05, 0.1) is 28.9 Å². The molecule has 0 saturated carbocycles. The molecule has 1 aliphatic rings. The highest BCUT2D eigenvalue weighted by Crippen LogP contribution is 2.16. The first-order valence-electron chi connectivity index (χ1n) is 6.49. The number of aromatic nitrogens is 2. The van der Waals surface area contributed by atoms with E-state index in [2.05, 4.69) is 10.4 Å². The highest BCUT2D eigenvalue weighted by molar-refractivity contribution is 7.91. The number of hydrogen-bond acceptors (Lipinski definition) is 4. The lowest BCUT2D eigenvalue weighted by Crippen LogP contribution is -2.45. The first-order chi connectivity index (χ1) is 9.17. The lowest BCUT2D eigenvalue weighted by Gasteiger charge is -2.26. The number of sulfone groups is 1.